The number of hydrogen-bond donors (Lipinski definition) is 1. The molecule has 3 heterocycles. The summed E-state index contributed by atoms with van der Waals surface area (Å²) in [5.41, 5.74) is 0. The standard InChI is InChI=1S/C21H34N4O2S/c26-28(27,25-14-5-2-6-15-25)20-11-12-21(22-16-20)23-18-8-7-13-24(17-18)19-9-3-1-4-10-19/h11-12,16,18-19H,1-10,13-15,17H2,(H,22,23). The van der Waals surface area contributed by atoms with E-state index in [9.17, 15) is 8.42 Å². The van der Waals surface area contributed by atoms with Crippen molar-refractivity contribution in [3.8, 4) is 0 Å². The molecule has 28 heavy (non-hydrogen) atoms. The molecule has 1 unspecified atom stereocenters. The van der Waals surface area contributed by atoms with Gasteiger partial charge in [-0.15, -0.1) is 0 Å². The molecule has 4 rings (SSSR count). The number of anilines is 1. The van der Waals surface area contributed by atoms with Gasteiger partial charge in [0.2, 0.25) is 10.0 Å². The Labute approximate surface area is 169 Å². The van der Waals surface area contributed by atoms with Gasteiger partial charge in [0.1, 0.15) is 10.7 Å². The maximum atomic E-state index is 12.8. The van der Waals surface area contributed by atoms with Crippen molar-refractivity contribution in [1.82, 2.24) is 14.2 Å². The zero-order valence-electron chi connectivity index (χ0n) is 16.9. The van der Waals surface area contributed by atoms with E-state index in [1.165, 1.54) is 51.3 Å². The van der Waals surface area contributed by atoms with Gasteiger partial charge in [-0.1, -0.05) is 25.7 Å². The quantitative estimate of drug-likeness (QED) is 0.811. The number of aromatic nitrogens is 1. The van der Waals surface area contributed by atoms with Crippen LogP contribution in [-0.2, 0) is 10.0 Å². The zero-order chi connectivity index (χ0) is 19.4. The fraction of sp³-hybridized carbons (Fsp3) is 0.762. The molecular weight excluding hydrogens is 372 g/mol. The Hall–Kier alpha value is -1.18. The number of nitrogens with one attached hydrogen (secondary N) is 1. The highest BCUT2D eigenvalue weighted by molar-refractivity contribution is 7.89. The van der Waals surface area contributed by atoms with Crippen LogP contribution < -0.4 is 5.32 Å². The van der Waals surface area contributed by atoms with E-state index in [-0.39, 0.29) is 0 Å². The van der Waals surface area contributed by atoms with Crippen LogP contribution in [-0.4, -0.2) is 60.9 Å². The first-order valence-electron chi connectivity index (χ1n) is 11.1. The third-order valence-corrected chi connectivity index (χ3v) is 8.47. The number of sulfonamides is 1. The van der Waals surface area contributed by atoms with Gasteiger partial charge < -0.3 is 5.32 Å². The molecule has 0 bridgehead atoms. The summed E-state index contributed by atoms with van der Waals surface area (Å²) in [6, 6.07) is 4.69. The molecule has 1 atom stereocenters. The first kappa shape index (κ1) is 20.1. The first-order chi connectivity index (χ1) is 13.6. The predicted octanol–water partition coefficient (Wildman–Crippen LogP) is 3.47. The minimum atomic E-state index is -3.40. The second-order valence-electron chi connectivity index (χ2n) is 8.61. The van der Waals surface area contributed by atoms with Gasteiger partial charge in [0.05, 0.1) is 0 Å². The van der Waals surface area contributed by atoms with Crippen molar-refractivity contribution in [3.05, 3.63) is 18.3 Å². The largest absolute Gasteiger partial charge is 0.366 e. The SMILES string of the molecule is O=S(=O)(c1ccc(NC2CCCN(C3CCCCC3)C2)nc1)N1CCCCC1. The van der Waals surface area contributed by atoms with Gasteiger partial charge in [0.25, 0.3) is 0 Å². The van der Waals surface area contributed by atoms with E-state index in [1.807, 2.05) is 6.07 Å². The minimum Gasteiger partial charge on any atom is -0.366 e. The summed E-state index contributed by atoms with van der Waals surface area (Å²) in [4.78, 5) is 7.41. The fourth-order valence-corrected chi connectivity index (χ4v) is 6.45. The van der Waals surface area contributed by atoms with Gasteiger partial charge in [-0.25, -0.2) is 13.4 Å². The molecule has 1 N–H and O–H groups in total. The average Bonchev–Trinajstić information content (AvgIpc) is 2.76. The molecular formula is C21H34N4O2S. The van der Waals surface area contributed by atoms with Crippen LogP contribution in [0, 0.1) is 0 Å². The third kappa shape index (κ3) is 4.69. The molecule has 0 radical (unpaired) electrons. The van der Waals surface area contributed by atoms with Crippen molar-refractivity contribution >= 4 is 15.8 Å². The lowest BCUT2D eigenvalue weighted by Gasteiger charge is -2.40. The smallest absolute Gasteiger partial charge is 0.244 e. The second-order valence-corrected chi connectivity index (χ2v) is 10.6. The van der Waals surface area contributed by atoms with Gasteiger partial charge in [-0.05, 0) is 57.2 Å². The Balaban J connectivity index is 1.36. The van der Waals surface area contributed by atoms with Gasteiger partial charge in [0, 0.05) is 37.9 Å². The van der Waals surface area contributed by atoms with E-state index < -0.39 is 10.0 Å². The van der Waals surface area contributed by atoms with E-state index in [0.717, 1.165) is 44.1 Å². The molecule has 2 saturated heterocycles. The second kappa shape index (κ2) is 9.09. The predicted molar refractivity (Wildman–Crippen MR) is 112 cm³/mol. The average molecular weight is 407 g/mol. The fourth-order valence-electron chi connectivity index (χ4n) is 4.98. The Bertz CT molecular complexity index is 725. The molecule has 6 nitrogen and oxygen atoms in total. The maximum absolute atomic E-state index is 12.8. The number of hydrogen-bond acceptors (Lipinski definition) is 5. The van der Waals surface area contributed by atoms with E-state index in [0.29, 0.717) is 24.0 Å². The Morgan fingerprint density at radius 2 is 1.64 bits per heavy atom. The minimum absolute atomic E-state index is 0.312. The van der Waals surface area contributed by atoms with Crippen LogP contribution in [0.2, 0.25) is 0 Å². The number of likely N-dealkylation sites (tertiary alicyclic amines) is 1. The van der Waals surface area contributed by atoms with Crippen LogP contribution >= 0.6 is 0 Å². The molecule has 156 valence electrons. The monoisotopic (exact) mass is 406 g/mol. The maximum Gasteiger partial charge on any atom is 0.244 e. The molecule has 3 fully saturated rings. The molecule has 7 heteroatoms. The van der Waals surface area contributed by atoms with E-state index in [2.05, 4.69) is 15.2 Å². The van der Waals surface area contributed by atoms with Crippen molar-refractivity contribution in [2.75, 3.05) is 31.5 Å². The topological polar surface area (TPSA) is 65.5 Å². The summed E-state index contributed by atoms with van der Waals surface area (Å²) in [6.45, 7) is 3.53. The number of rotatable bonds is 5. The van der Waals surface area contributed by atoms with Crippen LogP contribution in [0.1, 0.15) is 64.2 Å². The van der Waals surface area contributed by atoms with Crippen LogP contribution in [0.15, 0.2) is 23.2 Å². The molecule has 1 aliphatic carbocycles. The molecule has 3 aliphatic rings. The van der Waals surface area contributed by atoms with Crippen molar-refractivity contribution in [3.63, 3.8) is 0 Å². The highest BCUT2D eigenvalue weighted by Crippen LogP contribution is 2.26. The molecule has 0 spiro atoms. The van der Waals surface area contributed by atoms with Crippen LogP contribution in [0.5, 0.6) is 0 Å². The first-order valence-corrected chi connectivity index (χ1v) is 12.5. The van der Waals surface area contributed by atoms with Crippen molar-refractivity contribution in [2.24, 2.45) is 0 Å². The van der Waals surface area contributed by atoms with Gasteiger partial charge >= 0.3 is 0 Å². The highest BCUT2D eigenvalue weighted by atomic mass is 32.2. The number of piperidine rings is 2. The normalized spacial score (nSPS) is 26.2. The molecule has 1 saturated carbocycles. The van der Waals surface area contributed by atoms with Gasteiger partial charge in [0.15, 0.2) is 0 Å². The Morgan fingerprint density at radius 3 is 2.36 bits per heavy atom. The summed E-state index contributed by atoms with van der Waals surface area (Å²) in [5.74, 6) is 0.785. The molecule has 2 aliphatic heterocycles. The van der Waals surface area contributed by atoms with E-state index >= 15 is 0 Å². The van der Waals surface area contributed by atoms with Gasteiger partial charge in [-0.3, -0.25) is 4.90 Å². The lowest BCUT2D eigenvalue weighted by Crippen LogP contribution is -2.47. The zero-order valence-corrected chi connectivity index (χ0v) is 17.7. The van der Waals surface area contributed by atoms with Crippen LogP contribution in [0.25, 0.3) is 0 Å². The summed E-state index contributed by atoms with van der Waals surface area (Å²) >= 11 is 0. The third-order valence-electron chi connectivity index (χ3n) is 6.59. The van der Waals surface area contributed by atoms with E-state index in [4.69, 9.17) is 0 Å². The molecule has 1 aromatic heterocycles. The Kier molecular flexibility index (Phi) is 6.53. The lowest BCUT2D eigenvalue weighted by molar-refractivity contribution is 0.124. The summed E-state index contributed by atoms with van der Waals surface area (Å²) in [5, 5.41) is 3.55. The Morgan fingerprint density at radius 1 is 0.893 bits per heavy atom. The van der Waals surface area contributed by atoms with Crippen molar-refractivity contribution < 1.29 is 8.42 Å². The van der Waals surface area contributed by atoms with Crippen LogP contribution in [0.4, 0.5) is 5.82 Å². The van der Waals surface area contributed by atoms with Crippen LogP contribution in [0.3, 0.4) is 0 Å². The summed E-state index contributed by atoms with van der Waals surface area (Å²) in [7, 11) is -3.40. The highest BCUT2D eigenvalue weighted by Gasteiger charge is 2.28. The van der Waals surface area contributed by atoms with E-state index in [1.54, 1.807) is 10.4 Å². The van der Waals surface area contributed by atoms with Gasteiger partial charge in [-0.2, -0.15) is 4.31 Å². The summed E-state index contributed by atoms with van der Waals surface area (Å²) < 4.78 is 27.1. The molecule has 1 aromatic rings. The lowest BCUT2D eigenvalue weighted by atomic mass is 9.92. The number of nitrogens with zero attached hydrogens (tertiary/aromatic N) is 3. The van der Waals surface area contributed by atoms with Crippen molar-refractivity contribution in [2.45, 2.75) is 81.2 Å². The van der Waals surface area contributed by atoms with Crippen molar-refractivity contribution in [1.29, 1.82) is 0 Å². The molecule has 0 amide bonds. The molecule has 0 aromatic carbocycles. The summed E-state index contributed by atoms with van der Waals surface area (Å²) in [6.07, 6.45) is 13.7. The number of pyridine rings is 1.